The molecule has 0 aliphatic heterocycles. The zero-order valence-electron chi connectivity index (χ0n) is 14.3. The average Bonchev–Trinajstić information content (AvgIpc) is 3.39. The summed E-state index contributed by atoms with van der Waals surface area (Å²) in [5.74, 6) is 0.0398. The van der Waals surface area contributed by atoms with Crippen LogP contribution in [0.5, 0.6) is 0 Å². The molecule has 1 aromatic carbocycles. The summed E-state index contributed by atoms with van der Waals surface area (Å²) in [6, 6.07) is 8.95. The maximum atomic E-state index is 12.1. The molecule has 2 atom stereocenters. The Bertz CT molecular complexity index is 584. The van der Waals surface area contributed by atoms with Crippen LogP contribution in [0.3, 0.4) is 0 Å². The van der Waals surface area contributed by atoms with E-state index < -0.39 is 24.1 Å². The minimum atomic E-state index is -1.24. The molecule has 3 N–H and O–H groups in total. The number of hydrogen-bond donors (Lipinski definition) is 3. The summed E-state index contributed by atoms with van der Waals surface area (Å²) >= 11 is 0. The highest BCUT2D eigenvalue weighted by molar-refractivity contribution is 5.82. The van der Waals surface area contributed by atoms with E-state index in [1.54, 1.807) is 0 Å². The summed E-state index contributed by atoms with van der Waals surface area (Å²) in [5, 5.41) is 15.9. The van der Waals surface area contributed by atoms with E-state index >= 15 is 0 Å². The van der Waals surface area contributed by atoms with Gasteiger partial charge in [0.1, 0.15) is 6.61 Å². The maximum Gasteiger partial charge on any atom is 0.407 e. The predicted molar refractivity (Wildman–Crippen MR) is 92.7 cm³/mol. The van der Waals surface area contributed by atoms with E-state index in [0.717, 1.165) is 31.2 Å². The predicted octanol–water partition coefficient (Wildman–Crippen LogP) is 2.11. The highest BCUT2D eigenvalue weighted by Gasteiger charge is 2.34. The SMILES string of the molecule is O=C(NC(CC1CCC1)C(O)C(=O)NC1CC1)OCc1ccccc1. The summed E-state index contributed by atoms with van der Waals surface area (Å²) in [6.45, 7) is 0.160. The first-order valence-corrected chi connectivity index (χ1v) is 9.07. The molecule has 136 valence electrons. The van der Waals surface area contributed by atoms with Gasteiger partial charge >= 0.3 is 6.09 Å². The zero-order chi connectivity index (χ0) is 17.6. The van der Waals surface area contributed by atoms with Crippen LogP contribution in [0.4, 0.5) is 4.79 Å². The van der Waals surface area contributed by atoms with Crippen molar-refractivity contribution in [1.29, 1.82) is 0 Å². The van der Waals surface area contributed by atoms with Gasteiger partial charge in [-0.15, -0.1) is 0 Å². The van der Waals surface area contributed by atoms with E-state index in [1.807, 2.05) is 30.3 Å². The van der Waals surface area contributed by atoms with Gasteiger partial charge in [0.25, 0.3) is 5.91 Å². The Hall–Kier alpha value is -2.08. The molecule has 0 heterocycles. The Morgan fingerprint density at radius 1 is 1.16 bits per heavy atom. The molecule has 2 fully saturated rings. The van der Waals surface area contributed by atoms with Crippen molar-refractivity contribution in [1.82, 2.24) is 10.6 Å². The van der Waals surface area contributed by atoms with Crippen LogP contribution in [-0.4, -0.2) is 35.3 Å². The number of ether oxygens (including phenoxy) is 1. The van der Waals surface area contributed by atoms with Gasteiger partial charge in [0.2, 0.25) is 0 Å². The second-order valence-electron chi connectivity index (χ2n) is 7.07. The molecular formula is C19H26N2O4. The van der Waals surface area contributed by atoms with Crippen LogP contribution in [0.25, 0.3) is 0 Å². The van der Waals surface area contributed by atoms with Gasteiger partial charge in [0, 0.05) is 6.04 Å². The number of benzene rings is 1. The second kappa shape index (κ2) is 8.34. The van der Waals surface area contributed by atoms with Gasteiger partial charge in [-0.25, -0.2) is 4.79 Å². The molecule has 0 radical (unpaired) electrons. The van der Waals surface area contributed by atoms with Crippen molar-refractivity contribution in [2.45, 2.75) is 63.3 Å². The minimum Gasteiger partial charge on any atom is -0.445 e. The van der Waals surface area contributed by atoms with Gasteiger partial charge in [0.05, 0.1) is 6.04 Å². The molecule has 2 amide bonds. The van der Waals surface area contributed by atoms with Crippen molar-refractivity contribution >= 4 is 12.0 Å². The number of amides is 2. The standard InChI is InChI=1S/C19H26N2O4/c22-17(18(23)20-15-9-10-15)16(11-13-7-4-8-13)21-19(24)25-12-14-5-2-1-3-6-14/h1-3,5-6,13,15-17,22H,4,7-12H2,(H,20,23)(H,21,24). The lowest BCUT2D eigenvalue weighted by atomic mass is 9.80. The van der Waals surface area contributed by atoms with Gasteiger partial charge in [-0.1, -0.05) is 49.6 Å². The van der Waals surface area contributed by atoms with Crippen LogP contribution in [0, 0.1) is 5.92 Å². The summed E-state index contributed by atoms with van der Waals surface area (Å²) < 4.78 is 5.22. The molecule has 25 heavy (non-hydrogen) atoms. The number of nitrogens with one attached hydrogen (secondary N) is 2. The quantitative estimate of drug-likeness (QED) is 0.673. The molecule has 6 heteroatoms. The van der Waals surface area contributed by atoms with Crippen molar-refractivity contribution in [2.75, 3.05) is 0 Å². The van der Waals surface area contributed by atoms with Crippen molar-refractivity contribution in [2.24, 2.45) is 5.92 Å². The van der Waals surface area contributed by atoms with Crippen LogP contribution < -0.4 is 10.6 Å². The Balaban J connectivity index is 1.52. The molecule has 0 aromatic heterocycles. The second-order valence-corrected chi connectivity index (χ2v) is 7.07. The fraction of sp³-hybridized carbons (Fsp3) is 0.579. The molecule has 0 saturated heterocycles. The third-order valence-electron chi connectivity index (χ3n) is 4.90. The Morgan fingerprint density at radius 3 is 2.48 bits per heavy atom. The van der Waals surface area contributed by atoms with Gasteiger partial charge in [-0.05, 0) is 30.7 Å². The Kier molecular flexibility index (Phi) is 5.91. The first kappa shape index (κ1) is 17.7. The summed E-state index contributed by atoms with van der Waals surface area (Å²) in [7, 11) is 0. The largest absolute Gasteiger partial charge is 0.445 e. The lowest BCUT2D eigenvalue weighted by Gasteiger charge is -2.31. The summed E-state index contributed by atoms with van der Waals surface area (Å²) in [4.78, 5) is 24.2. The van der Waals surface area contributed by atoms with Crippen LogP contribution in [0.1, 0.15) is 44.1 Å². The molecule has 0 spiro atoms. The van der Waals surface area contributed by atoms with E-state index in [0.29, 0.717) is 12.3 Å². The van der Waals surface area contributed by atoms with E-state index in [9.17, 15) is 14.7 Å². The molecular weight excluding hydrogens is 320 g/mol. The first-order valence-electron chi connectivity index (χ1n) is 9.07. The molecule has 3 rings (SSSR count). The van der Waals surface area contributed by atoms with Gasteiger partial charge in [-0.3, -0.25) is 4.79 Å². The summed E-state index contributed by atoms with van der Waals surface area (Å²) in [5.41, 5.74) is 0.889. The summed E-state index contributed by atoms with van der Waals surface area (Å²) in [6.07, 6.45) is 3.98. The number of hydrogen-bond acceptors (Lipinski definition) is 4. The minimum absolute atomic E-state index is 0.160. The van der Waals surface area contributed by atoms with Crippen LogP contribution in [0.2, 0.25) is 0 Å². The third-order valence-corrected chi connectivity index (χ3v) is 4.90. The van der Waals surface area contributed by atoms with E-state index in [1.165, 1.54) is 6.42 Å². The zero-order valence-corrected chi connectivity index (χ0v) is 14.3. The van der Waals surface area contributed by atoms with E-state index in [-0.39, 0.29) is 12.6 Å². The molecule has 2 aliphatic carbocycles. The number of carbonyl (C=O) groups excluding carboxylic acids is 2. The molecule has 0 bridgehead atoms. The van der Waals surface area contributed by atoms with Crippen LogP contribution in [0.15, 0.2) is 30.3 Å². The number of aliphatic hydroxyl groups is 1. The average molecular weight is 346 g/mol. The number of rotatable bonds is 8. The fourth-order valence-corrected chi connectivity index (χ4v) is 2.97. The van der Waals surface area contributed by atoms with Gasteiger partial charge in [0.15, 0.2) is 6.10 Å². The maximum absolute atomic E-state index is 12.1. The monoisotopic (exact) mass is 346 g/mol. The van der Waals surface area contributed by atoms with Gasteiger partial charge < -0.3 is 20.5 Å². The topological polar surface area (TPSA) is 87.7 Å². The smallest absolute Gasteiger partial charge is 0.407 e. The van der Waals surface area contributed by atoms with Crippen LogP contribution >= 0.6 is 0 Å². The number of alkyl carbamates (subject to hydrolysis) is 1. The van der Waals surface area contributed by atoms with Crippen molar-refractivity contribution < 1.29 is 19.4 Å². The third kappa shape index (κ3) is 5.46. The Labute approximate surface area is 147 Å². The highest BCUT2D eigenvalue weighted by Crippen LogP contribution is 2.31. The first-order chi connectivity index (χ1) is 12.1. The van der Waals surface area contributed by atoms with Crippen molar-refractivity contribution in [3.8, 4) is 0 Å². The van der Waals surface area contributed by atoms with E-state index in [2.05, 4.69) is 10.6 Å². The highest BCUT2D eigenvalue weighted by atomic mass is 16.5. The lowest BCUT2D eigenvalue weighted by molar-refractivity contribution is -0.131. The van der Waals surface area contributed by atoms with Crippen molar-refractivity contribution in [3.05, 3.63) is 35.9 Å². The fourth-order valence-electron chi connectivity index (χ4n) is 2.97. The number of carbonyl (C=O) groups is 2. The van der Waals surface area contributed by atoms with E-state index in [4.69, 9.17) is 4.74 Å². The lowest BCUT2D eigenvalue weighted by Crippen LogP contribution is -2.52. The van der Waals surface area contributed by atoms with Crippen LogP contribution in [-0.2, 0) is 16.1 Å². The number of aliphatic hydroxyl groups excluding tert-OH is 1. The molecule has 2 saturated carbocycles. The molecule has 2 aliphatic rings. The Morgan fingerprint density at radius 2 is 1.88 bits per heavy atom. The molecule has 1 aromatic rings. The molecule has 6 nitrogen and oxygen atoms in total. The van der Waals surface area contributed by atoms with Gasteiger partial charge in [-0.2, -0.15) is 0 Å². The molecule has 2 unspecified atom stereocenters. The normalized spacial score (nSPS) is 19.4. The van der Waals surface area contributed by atoms with Crippen molar-refractivity contribution in [3.63, 3.8) is 0 Å².